The van der Waals surface area contributed by atoms with Gasteiger partial charge in [-0.2, -0.15) is 4.68 Å². The Morgan fingerprint density at radius 2 is 1.83 bits per heavy atom. The van der Waals surface area contributed by atoms with Crippen LogP contribution in [0, 0.1) is 13.8 Å². The molecule has 0 aliphatic heterocycles. The van der Waals surface area contributed by atoms with Gasteiger partial charge in [-0.15, -0.1) is 0 Å². The van der Waals surface area contributed by atoms with Crippen molar-refractivity contribution in [2.75, 3.05) is 13.7 Å². The van der Waals surface area contributed by atoms with Crippen LogP contribution in [-0.2, 0) is 6.42 Å². The van der Waals surface area contributed by atoms with Crippen molar-refractivity contribution in [3.05, 3.63) is 75.0 Å². The summed E-state index contributed by atoms with van der Waals surface area (Å²) in [4.78, 5) is 36.3. The van der Waals surface area contributed by atoms with Crippen LogP contribution in [0.25, 0.3) is 5.95 Å². The quantitative estimate of drug-likeness (QED) is 0.664. The molecule has 1 amide bonds. The lowest BCUT2D eigenvalue weighted by Crippen LogP contribution is -2.31. The number of aliphatic hydroxyl groups is 1. The highest BCUT2D eigenvalue weighted by Crippen LogP contribution is 2.21. The van der Waals surface area contributed by atoms with Crippen molar-refractivity contribution < 1.29 is 9.90 Å². The largest absolute Gasteiger partial charge is 0.396 e. The predicted molar refractivity (Wildman–Crippen MR) is 109 cm³/mol. The van der Waals surface area contributed by atoms with Gasteiger partial charge in [-0.3, -0.25) is 14.7 Å². The van der Waals surface area contributed by atoms with Gasteiger partial charge in [0, 0.05) is 31.5 Å². The second-order valence-corrected chi connectivity index (χ2v) is 7.03. The van der Waals surface area contributed by atoms with Crippen molar-refractivity contribution in [1.82, 2.24) is 24.6 Å². The van der Waals surface area contributed by atoms with Gasteiger partial charge < -0.3 is 10.0 Å². The Morgan fingerprint density at radius 3 is 2.41 bits per heavy atom. The van der Waals surface area contributed by atoms with Crippen molar-refractivity contribution in [2.24, 2.45) is 0 Å². The molecule has 0 radical (unpaired) electrons. The predicted octanol–water partition coefficient (Wildman–Crippen LogP) is 1.94. The van der Waals surface area contributed by atoms with Gasteiger partial charge in [0.2, 0.25) is 0 Å². The second-order valence-electron chi connectivity index (χ2n) is 7.03. The van der Waals surface area contributed by atoms with Gasteiger partial charge in [0.15, 0.2) is 0 Å². The normalized spacial score (nSPS) is 12.0. The molecule has 0 saturated carbocycles. The van der Waals surface area contributed by atoms with E-state index in [1.54, 1.807) is 18.0 Å². The monoisotopic (exact) mass is 395 g/mol. The Kier molecular flexibility index (Phi) is 5.93. The first-order chi connectivity index (χ1) is 13.8. The van der Waals surface area contributed by atoms with E-state index in [0.717, 1.165) is 5.56 Å². The molecule has 0 fully saturated rings. The molecule has 1 atom stereocenters. The first-order valence-electron chi connectivity index (χ1n) is 9.43. The molecular formula is C21H25N5O3. The Hall–Kier alpha value is -3.26. The van der Waals surface area contributed by atoms with Crippen molar-refractivity contribution in [2.45, 2.75) is 33.2 Å². The average Bonchev–Trinajstić information content (AvgIpc) is 3.03. The SMILES string of the molecule is Cc1cc(C)nc(-n2[nH]c(C(=O)N(C)[C@@H](C)c3ccccc3)c(CCO)c2=O)n1. The third-order valence-electron chi connectivity index (χ3n) is 4.92. The molecule has 1 aromatic carbocycles. The van der Waals surface area contributed by atoms with Crippen LogP contribution in [0.2, 0.25) is 0 Å². The number of benzene rings is 1. The maximum Gasteiger partial charge on any atom is 0.277 e. The standard InChI is InChI=1S/C21H25N5O3/c1-13-12-14(2)23-21(22-13)26-19(28)17(10-11-27)18(24-26)20(29)25(4)15(3)16-8-6-5-7-9-16/h5-9,12,15,24,27H,10-11H2,1-4H3/t15-/m0/s1. The zero-order chi connectivity index (χ0) is 21.1. The fourth-order valence-electron chi connectivity index (χ4n) is 3.25. The zero-order valence-corrected chi connectivity index (χ0v) is 17.0. The van der Waals surface area contributed by atoms with E-state index in [-0.39, 0.29) is 42.2 Å². The van der Waals surface area contributed by atoms with Crippen LogP contribution in [0.4, 0.5) is 0 Å². The maximum atomic E-state index is 13.2. The first-order valence-corrected chi connectivity index (χ1v) is 9.43. The highest BCUT2D eigenvalue weighted by Gasteiger charge is 2.26. The van der Waals surface area contributed by atoms with Crippen LogP contribution in [0.3, 0.4) is 0 Å². The molecular weight excluding hydrogens is 370 g/mol. The summed E-state index contributed by atoms with van der Waals surface area (Å²) in [6.45, 7) is 5.28. The lowest BCUT2D eigenvalue weighted by Gasteiger charge is -2.25. The van der Waals surface area contributed by atoms with E-state index in [1.807, 2.05) is 51.1 Å². The van der Waals surface area contributed by atoms with Gasteiger partial charge in [0.1, 0.15) is 5.69 Å². The number of nitrogens with one attached hydrogen (secondary N) is 1. The number of amides is 1. The van der Waals surface area contributed by atoms with E-state index in [4.69, 9.17) is 0 Å². The zero-order valence-electron chi connectivity index (χ0n) is 17.0. The van der Waals surface area contributed by atoms with Gasteiger partial charge in [-0.05, 0) is 32.4 Å². The van der Waals surface area contributed by atoms with Crippen molar-refractivity contribution >= 4 is 5.91 Å². The fraction of sp³-hybridized carbons (Fsp3) is 0.333. The summed E-state index contributed by atoms with van der Waals surface area (Å²) in [7, 11) is 1.69. The maximum absolute atomic E-state index is 13.2. The van der Waals surface area contributed by atoms with E-state index < -0.39 is 5.56 Å². The van der Waals surface area contributed by atoms with Crippen molar-refractivity contribution in [3.8, 4) is 5.95 Å². The summed E-state index contributed by atoms with van der Waals surface area (Å²) in [5.74, 6) is -0.172. The molecule has 0 spiro atoms. The van der Waals surface area contributed by atoms with Crippen LogP contribution in [0.5, 0.6) is 0 Å². The van der Waals surface area contributed by atoms with Crippen molar-refractivity contribution in [1.29, 1.82) is 0 Å². The van der Waals surface area contributed by atoms with Gasteiger partial charge in [0.25, 0.3) is 17.4 Å². The molecule has 3 aromatic rings. The van der Waals surface area contributed by atoms with Gasteiger partial charge >= 0.3 is 0 Å². The molecule has 0 unspecified atom stereocenters. The van der Waals surface area contributed by atoms with E-state index in [9.17, 15) is 14.7 Å². The van der Waals surface area contributed by atoms with E-state index in [1.165, 1.54) is 4.68 Å². The van der Waals surface area contributed by atoms with E-state index >= 15 is 0 Å². The lowest BCUT2D eigenvalue weighted by molar-refractivity contribution is 0.0735. The van der Waals surface area contributed by atoms with Crippen LogP contribution < -0.4 is 5.56 Å². The molecule has 152 valence electrons. The summed E-state index contributed by atoms with van der Waals surface area (Å²) in [6, 6.07) is 11.2. The Bertz CT molecular complexity index is 1050. The molecule has 0 bridgehead atoms. The van der Waals surface area contributed by atoms with Crippen molar-refractivity contribution in [3.63, 3.8) is 0 Å². The Labute approximate surface area is 168 Å². The molecule has 2 heterocycles. The highest BCUT2D eigenvalue weighted by molar-refractivity contribution is 5.93. The summed E-state index contributed by atoms with van der Waals surface area (Å²) >= 11 is 0. The Balaban J connectivity index is 2.04. The number of aromatic amines is 1. The summed E-state index contributed by atoms with van der Waals surface area (Å²) in [5.41, 5.74) is 2.31. The van der Waals surface area contributed by atoms with Crippen LogP contribution in [-0.4, -0.2) is 49.3 Å². The fourth-order valence-corrected chi connectivity index (χ4v) is 3.25. The number of hydrogen-bond donors (Lipinski definition) is 2. The highest BCUT2D eigenvalue weighted by atomic mass is 16.3. The molecule has 0 saturated heterocycles. The van der Waals surface area contributed by atoms with Crippen LogP contribution >= 0.6 is 0 Å². The average molecular weight is 395 g/mol. The molecule has 3 rings (SSSR count). The Morgan fingerprint density at radius 1 is 1.21 bits per heavy atom. The molecule has 8 heteroatoms. The number of nitrogens with zero attached hydrogens (tertiary/aromatic N) is 4. The third-order valence-corrected chi connectivity index (χ3v) is 4.92. The molecule has 8 nitrogen and oxygen atoms in total. The minimum absolute atomic E-state index is 0.0573. The number of hydrogen-bond acceptors (Lipinski definition) is 5. The number of rotatable bonds is 6. The minimum atomic E-state index is -0.437. The summed E-state index contributed by atoms with van der Waals surface area (Å²) in [6.07, 6.45) is 0.0573. The molecule has 0 aliphatic rings. The smallest absolute Gasteiger partial charge is 0.277 e. The van der Waals surface area contributed by atoms with Gasteiger partial charge in [-0.1, -0.05) is 30.3 Å². The number of carbonyl (C=O) groups is 1. The number of carbonyl (C=O) groups excluding carboxylic acids is 1. The molecule has 29 heavy (non-hydrogen) atoms. The number of H-pyrrole nitrogens is 1. The van der Waals surface area contributed by atoms with E-state index in [0.29, 0.717) is 11.4 Å². The number of aromatic nitrogens is 4. The van der Waals surface area contributed by atoms with Crippen LogP contribution in [0.1, 0.15) is 46.0 Å². The molecule has 0 aliphatic carbocycles. The second kappa shape index (κ2) is 8.40. The molecule has 2 N–H and O–H groups in total. The lowest BCUT2D eigenvalue weighted by atomic mass is 10.1. The van der Waals surface area contributed by atoms with Crippen LogP contribution in [0.15, 0.2) is 41.2 Å². The summed E-state index contributed by atoms with van der Waals surface area (Å²) in [5, 5.41) is 12.3. The third kappa shape index (κ3) is 4.12. The van der Waals surface area contributed by atoms with Gasteiger partial charge in [-0.25, -0.2) is 9.97 Å². The minimum Gasteiger partial charge on any atom is -0.396 e. The summed E-state index contributed by atoms with van der Waals surface area (Å²) < 4.78 is 1.17. The molecule has 2 aromatic heterocycles. The number of aliphatic hydroxyl groups excluding tert-OH is 1. The van der Waals surface area contributed by atoms with E-state index in [2.05, 4.69) is 15.1 Å². The topological polar surface area (TPSA) is 104 Å². The number of aryl methyl sites for hydroxylation is 2. The van der Waals surface area contributed by atoms with Gasteiger partial charge in [0.05, 0.1) is 11.6 Å². The first kappa shape index (κ1) is 20.5.